The van der Waals surface area contributed by atoms with Crippen molar-refractivity contribution in [3.8, 4) is 0 Å². The maximum Gasteiger partial charge on any atom is 0.293 e. The zero-order chi connectivity index (χ0) is 12.4. The number of Topliss-reactive ketones (excluding diaryl/α,β-unsaturated/α-hetero) is 1. The Kier molecular flexibility index (Phi) is 3.04. The third kappa shape index (κ3) is 2.58. The van der Waals surface area contributed by atoms with Crippen molar-refractivity contribution in [2.45, 2.75) is 27.2 Å². The zero-order valence-corrected chi connectivity index (χ0v) is 10.2. The van der Waals surface area contributed by atoms with Crippen molar-refractivity contribution in [3.05, 3.63) is 46.6 Å². The second kappa shape index (κ2) is 4.49. The Morgan fingerprint density at radius 1 is 1.29 bits per heavy atom. The van der Waals surface area contributed by atoms with Gasteiger partial charge in [0.1, 0.15) is 0 Å². The van der Waals surface area contributed by atoms with Crippen LogP contribution >= 0.6 is 0 Å². The molecule has 2 rings (SSSR count). The maximum absolute atomic E-state index is 11.0. The number of hydrogen-bond acceptors (Lipinski definition) is 4. The summed E-state index contributed by atoms with van der Waals surface area (Å²) in [4.78, 5) is 15.0. The van der Waals surface area contributed by atoms with Crippen molar-refractivity contribution >= 4 is 5.78 Å². The van der Waals surface area contributed by atoms with E-state index in [1.165, 1.54) is 18.1 Å². The number of aryl methyl sites for hydroxylation is 2. The van der Waals surface area contributed by atoms with E-state index >= 15 is 0 Å². The molecule has 1 heterocycles. The van der Waals surface area contributed by atoms with Crippen molar-refractivity contribution < 1.29 is 9.32 Å². The van der Waals surface area contributed by atoms with E-state index in [0.717, 1.165) is 5.56 Å². The summed E-state index contributed by atoms with van der Waals surface area (Å²) in [6.07, 6.45) is 0.581. The minimum Gasteiger partial charge on any atom is -0.331 e. The molecule has 0 aliphatic carbocycles. The lowest BCUT2D eigenvalue weighted by Crippen LogP contribution is -1.95. The lowest BCUT2D eigenvalue weighted by molar-refractivity contribution is 0.0972. The van der Waals surface area contributed by atoms with Gasteiger partial charge < -0.3 is 4.52 Å². The third-order valence-corrected chi connectivity index (χ3v) is 2.70. The van der Waals surface area contributed by atoms with Crippen molar-refractivity contribution in [2.75, 3.05) is 0 Å². The quantitative estimate of drug-likeness (QED) is 0.760. The molecule has 0 fully saturated rings. The van der Waals surface area contributed by atoms with Crippen molar-refractivity contribution in [1.82, 2.24) is 10.1 Å². The molecule has 0 saturated heterocycles. The van der Waals surface area contributed by atoms with Gasteiger partial charge in [0.05, 0.1) is 0 Å². The highest BCUT2D eigenvalue weighted by Crippen LogP contribution is 2.12. The molecular formula is C13H14N2O2. The van der Waals surface area contributed by atoms with Crippen LogP contribution in [-0.4, -0.2) is 15.9 Å². The zero-order valence-electron chi connectivity index (χ0n) is 10.2. The Bertz CT molecular complexity index is 558. The first-order chi connectivity index (χ1) is 8.06. The molecule has 0 bridgehead atoms. The number of carbonyl (C=O) groups is 1. The standard InChI is InChI=1S/C13H14N2O2/c1-8-4-5-11(6-9(8)2)7-12-14-13(10(3)16)17-15-12/h4-6H,7H2,1-3H3. The SMILES string of the molecule is CC(=O)c1nc(Cc2ccc(C)c(C)c2)no1. The van der Waals surface area contributed by atoms with Gasteiger partial charge in [-0.15, -0.1) is 0 Å². The number of benzene rings is 1. The highest BCUT2D eigenvalue weighted by Gasteiger charge is 2.10. The topological polar surface area (TPSA) is 56.0 Å². The number of ketones is 1. The van der Waals surface area contributed by atoms with Gasteiger partial charge in [-0.3, -0.25) is 4.79 Å². The summed E-state index contributed by atoms with van der Waals surface area (Å²) in [6, 6.07) is 6.20. The maximum atomic E-state index is 11.0. The molecular weight excluding hydrogens is 216 g/mol. The van der Waals surface area contributed by atoms with E-state index in [2.05, 4.69) is 36.1 Å². The van der Waals surface area contributed by atoms with Crippen LogP contribution in [0, 0.1) is 13.8 Å². The van der Waals surface area contributed by atoms with Gasteiger partial charge in [-0.2, -0.15) is 4.98 Å². The Morgan fingerprint density at radius 3 is 2.65 bits per heavy atom. The predicted octanol–water partition coefficient (Wildman–Crippen LogP) is 2.48. The minimum absolute atomic E-state index is 0.0730. The fraction of sp³-hybridized carbons (Fsp3) is 0.308. The minimum atomic E-state index is -0.205. The van der Waals surface area contributed by atoms with Crippen LogP contribution in [0.5, 0.6) is 0 Å². The molecule has 0 radical (unpaired) electrons. The largest absolute Gasteiger partial charge is 0.331 e. The van der Waals surface area contributed by atoms with Gasteiger partial charge >= 0.3 is 0 Å². The van der Waals surface area contributed by atoms with Gasteiger partial charge in [-0.05, 0) is 30.5 Å². The number of carbonyl (C=O) groups excluding carboxylic acids is 1. The van der Waals surface area contributed by atoms with Crippen LogP contribution in [0.4, 0.5) is 0 Å². The smallest absolute Gasteiger partial charge is 0.293 e. The van der Waals surface area contributed by atoms with Gasteiger partial charge in [-0.25, -0.2) is 0 Å². The number of rotatable bonds is 3. The molecule has 1 aromatic carbocycles. The van der Waals surface area contributed by atoms with E-state index in [9.17, 15) is 4.79 Å². The molecule has 4 heteroatoms. The number of aromatic nitrogens is 2. The third-order valence-electron chi connectivity index (χ3n) is 2.70. The summed E-state index contributed by atoms with van der Waals surface area (Å²) in [5, 5.41) is 3.78. The molecule has 0 unspecified atom stereocenters. The first-order valence-corrected chi connectivity index (χ1v) is 5.46. The first kappa shape index (κ1) is 11.5. The van der Waals surface area contributed by atoms with Gasteiger partial charge in [0.15, 0.2) is 5.82 Å². The van der Waals surface area contributed by atoms with Crippen LogP contribution < -0.4 is 0 Å². The Morgan fingerprint density at radius 2 is 2.06 bits per heavy atom. The molecule has 0 saturated carbocycles. The monoisotopic (exact) mass is 230 g/mol. The van der Waals surface area contributed by atoms with E-state index in [-0.39, 0.29) is 11.7 Å². The molecule has 1 aromatic heterocycles. The first-order valence-electron chi connectivity index (χ1n) is 5.46. The summed E-state index contributed by atoms with van der Waals surface area (Å²) < 4.78 is 4.84. The molecule has 0 atom stereocenters. The summed E-state index contributed by atoms with van der Waals surface area (Å²) in [5.41, 5.74) is 3.60. The van der Waals surface area contributed by atoms with Crippen molar-refractivity contribution in [3.63, 3.8) is 0 Å². The number of nitrogens with zero attached hydrogens (tertiary/aromatic N) is 2. The van der Waals surface area contributed by atoms with Gasteiger partial charge in [0.25, 0.3) is 5.89 Å². The van der Waals surface area contributed by atoms with E-state index < -0.39 is 0 Å². The Balaban J connectivity index is 2.19. The lowest BCUT2D eigenvalue weighted by atomic mass is 10.0. The molecule has 88 valence electrons. The fourth-order valence-corrected chi connectivity index (χ4v) is 1.56. The van der Waals surface area contributed by atoms with Crippen LogP contribution in [0.2, 0.25) is 0 Å². The summed E-state index contributed by atoms with van der Waals surface area (Å²) in [6.45, 7) is 5.55. The van der Waals surface area contributed by atoms with Crippen LogP contribution in [0.1, 0.15) is 40.1 Å². The lowest BCUT2D eigenvalue weighted by Gasteiger charge is -2.02. The Labute approximate surface area is 99.7 Å². The molecule has 4 nitrogen and oxygen atoms in total. The van der Waals surface area contributed by atoms with Crippen LogP contribution in [0.25, 0.3) is 0 Å². The molecule has 17 heavy (non-hydrogen) atoms. The molecule has 0 aliphatic heterocycles. The van der Waals surface area contributed by atoms with Crippen molar-refractivity contribution in [2.24, 2.45) is 0 Å². The van der Waals surface area contributed by atoms with E-state index in [1.54, 1.807) is 0 Å². The number of hydrogen-bond donors (Lipinski definition) is 0. The van der Waals surface area contributed by atoms with Crippen LogP contribution in [0.3, 0.4) is 0 Å². The second-order valence-corrected chi connectivity index (χ2v) is 4.17. The normalized spacial score (nSPS) is 10.5. The average Bonchev–Trinajstić information content (AvgIpc) is 2.72. The predicted molar refractivity (Wildman–Crippen MR) is 63.0 cm³/mol. The average molecular weight is 230 g/mol. The van der Waals surface area contributed by atoms with E-state index in [0.29, 0.717) is 12.2 Å². The van der Waals surface area contributed by atoms with Crippen LogP contribution in [-0.2, 0) is 6.42 Å². The highest BCUT2D eigenvalue weighted by atomic mass is 16.5. The Hall–Kier alpha value is -1.97. The van der Waals surface area contributed by atoms with Crippen LogP contribution in [0.15, 0.2) is 22.7 Å². The molecule has 0 aliphatic rings. The summed E-state index contributed by atoms with van der Waals surface area (Å²) in [7, 11) is 0. The second-order valence-electron chi connectivity index (χ2n) is 4.17. The van der Waals surface area contributed by atoms with E-state index in [4.69, 9.17) is 4.52 Å². The van der Waals surface area contributed by atoms with Gasteiger partial charge in [-0.1, -0.05) is 23.4 Å². The molecule has 0 amide bonds. The fourth-order valence-electron chi connectivity index (χ4n) is 1.56. The highest BCUT2D eigenvalue weighted by molar-refractivity contribution is 5.89. The van der Waals surface area contributed by atoms with Crippen molar-refractivity contribution in [1.29, 1.82) is 0 Å². The van der Waals surface area contributed by atoms with E-state index in [1.807, 2.05) is 6.07 Å². The molecule has 0 spiro atoms. The van der Waals surface area contributed by atoms with Gasteiger partial charge in [0, 0.05) is 13.3 Å². The van der Waals surface area contributed by atoms with Gasteiger partial charge in [0.2, 0.25) is 5.78 Å². The summed E-state index contributed by atoms with van der Waals surface area (Å²) >= 11 is 0. The molecule has 2 aromatic rings. The molecule has 0 N–H and O–H groups in total. The summed E-state index contributed by atoms with van der Waals surface area (Å²) in [5.74, 6) is 0.408.